The van der Waals surface area contributed by atoms with Crippen LogP contribution in [0.25, 0.3) is 0 Å². The average Bonchev–Trinajstić information content (AvgIpc) is 2.74. The highest BCUT2D eigenvalue weighted by Gasteiger charge is 2.53. The van der Waals surface area contributed by atoms with Gasteiger partial charge < -0.3 is 14.6 Å². The number of carboxylic acids is 1. The molecule has 1 unspecified atom stereocenters. The number of carbonyl (C=O) groups is 1. The Labute approximate surface area is 166 Å². The van der Waals surface area contributed by atoms with E-state index in [4.69, 9.17) is 9.47 Å². The van der Waals surface area contributed by atoms with Crippen molar-refractivity contribution in [3.8, 4) is 11.5 Å². The maximum Gasteiger partial charge on any atom is 0.303 e. The maximum atomic E-state index is 11.3. The molecule has 148 valence electrons. The van der Waals surface area contributed by atoms with E-state index in [2.05, 4.69) is 19.1 Å². The largest absolute Gasteiger partial charge is 0.481 e. The van der Waals surface area contributed by atoms with Gasteiger partial charge in [-0.05, 0) is 66.8 Å². The Hall–Kier alpha value is -2.33. The Morgan fingerprint density at radius 2 is 1.79 bits per heavy atom. The van der Waals surface area contributed by atoms with Crippen LogP contribution in [0.5, 0.6) is 11.5 Å². The lowest BCUT2D eigenvalue weighted by Gasteiger charge is -2.56. The lowest BCUT2D eigenvalue weighted by Crippen LogP contribution is -2.52. The number of fused-ring (bicyclic) bond motifs is 3. The third-order valence-electron chi connectivity index (χ3n) is 6.81. The van der Waals surface area contributed by atoms with Gasteiger partial charge in [0.1, 0.15) is 11.5 Å². The molecule has 2 aliphatic heterocycles. The molecule has 1 aliphatic carbocycles. The van der Waals surface area contributed by atoms with Crippen molar-refractivity contribution >= 4 is 5.97 Å². The summed E-state index contributed by atoms with van der Waals surface area (Å²) in [4.78, 5) is 11.3. The van der Waals surface area contributed by atoms with E-state index in [0.29, 0.717) is 6.61 Å². The van der Waals surface area contributed by atoms with Crippen molar-refractivity contribution in [1.29, 1.82) is 0 Å². The van der Waals surface area contributed by atoms with Gasteiger partial charge in [0.05, 0.1) is 12.2 Å². The second-order valence-corrected chi connectivity index (χ2v) is 8.29. The summed E-state index contributed by atoms with van der Waals surface area (Å²) >= 11 is 0. The van der Waals surface area contributed by atoms with E-state index < -0.39 is 5.97 Å². The van der Waals surface area contributed by atoms with Crippen LogP contribution in [0.2, 0.25) is 0 Å². The van der Waals surface area contributed by atoms with Crippen LogP contribution in [-0.4, -0.2) is 17.7 Å². The first-order valence-corrected chi connectivity index (χ1v) is 10.2. The fourth-order valence-corrected chi connectivity index (χ4v) is 5.09. The van der Waals surface area contributed by atoms with Crippen molar-refractivity contribution in [2.24, 2.45) is 11.3 Å². The van der Waals surface area contributed by atoms with Gasteiger partial charge in [-0.3, -0.25) is 4.79 Å². The van der Waals surface area contributed by atoms with Crippen LogP contribution in [0.15, 0.2) is 54.6 Å². The molecule has 1 N–H and O–H groups in total. The molecule has 1 saturated carbocycles. The molecule has 0 aromatic heterocycles. The summed E-state index contributed by atoms with van der Waals surface area (Å²) in [7, 11) is 0. The van der Waals surface area contributed by atoms with Gasteiger partial charge in [-0.25, -0.2) is 0 Å². The summed E-state index contributed by atoms with van der Waals surface area (Å²) in [6, 6.07) is 18.0. The highest BCUT2D eigenvalue weighted by atomic mass is 16.5. The highest BCUT2D eigenvalue weighted by Crippen LogP contribution is 2.57. The number of hydrogen-bond acceptors (Lipinski definition) is 3. The van der Waals surface area contributed by atoms with Crippen molar-refractivity contribution in [3.05, 3.63) is 60.2 Å². The third kappa shape index (κ3) is 3.53. The predicted octanol–water partition coefficient (Wildman–Crippen LogP) is 5.77. The van der Waals surface area contributed by atoms with E-state index in [1.807, 2.05) is 42.5 Å². The van der Waals surface area contributed by atoms with Gasteiger partial charge in [-0.2, -0.15) is 0 Å². The zero-order chi connectivity index (χ0) is 19.6. The summed E-state index contributed by atoms with van der Waals surface area (Å²) in [5.74, 6) is 1.13. The first-order valence-electron chi connectivity index (χ1n) is 10.2. The maximum absolute atomic E-state index is 11.3. The highest BCUT2D eigenvalue weighted by molar-refractivity contribution is 5.67. The van der Waals surface area contributed by atoms with E-state index in [1.54, 1.807) is 0 Å². The molecule has 3 aliphatic rings. The second-order valence-electron chi connectivity index (χ2n) is 8.29. The number of para-hydroxylation sites is 1. The fraction of sp³-hybridized carbons (Fsp3) is 0.458. The van der Waals surface area contributed by atoms with E-state index in [1.165, 1.54) is 5.56 Å². The van der Waals surface area contributed by atoms with Gasteiger partial charge in [0, 0.05) is 6.42 Å². The van der Waals surface area contributed by atoms with Crippen molar-refractivity contribution in [2.45, 2.75) is 51.0 Å². The monoisotopic (exact) mass is 380 g/mol. The molecule has 1 atom stereocenters. The Morgan fingerprint density at radius 3 is 2.39 bits per heavy atom. The molecule has 2 saturated heterocycles. The lowest BCUT2D eigenvalue weighted by atomic mass is 9.58. The Kier molecular flexibility index (Phi) is 5.15. The summed E-state index contributed by atoms with van der Waals surface area (Å²) < 4.78 is 12.5. The van der Waals surface area contributed by atoms with Crippen molar-refractivity contribution in [2.75, 3.05) is 6.61 Å². The molecule has 2 bridgehead atoms. The molecule has 0 spiro atoms. The van der Waals surface area contributed by atoms with Crippen LogP contribution in [0.4, 0.5) is 0 Å². The minimum atomic E-state index is -0.700. The zero-order valence-electron chi connectivity index (χ0n) is 16.4. The van der Waals surface area contributed by atoms with E-state index in [-0.39, 0.29) is 23.4 Å². The molecule has 0 radical (unpaired) electrons. The van der Waals surface area contributed by atoms with Crippen LogP contribution < -0.4 is 4.74 Å². The van der Waals surface area contributed by atoms with E-state index >= 15 is 0 Å². The molecule has 3 fully saturated rings. The summed E-state index contributed by atoms with van der Waals surface area (Å²) in [6.45, 7) is 2.76. The number of ether oxygens (including phenoxy) is 2. The fourth-order valence-electron chi connectivity index (χ4n) is 5.09. The van der Waals surface area contributed by atoms with Gasteiger partial charge in [0.25, 0.3) is 0 Å². The Bertz CT molecular complexity index is 805. The Balaban J connectivity index is 1.51. The number of benzene rings is 2. The first kappa shape index (κ1) is 19.0. The molecule has 2 aromatic carbocycles. The zero-order valence-corrected chi connectivity index (χ0v) is 16.4. The van der Waals surface area contributed by atoms with Crippen molar-refractivity contribution < 1.29 is 19.4 Å². The van der Waals surface area contributed by atoms with E-state index in [9.17, 15) is 9.90 Å². The van der Waals surface area contributed by atoms with Crippen LogP contribution in [0.1, 0.15) is 51.0 Å². The average molecular weight is 380 g/mol. The standard InChI is InChI=1S/C24H28O4/c1-2-18(16-22(25)26)23-11-13-24(14-12-23,27-17-23)19-7-6-10-21(15-19)28-20-8-4-3-5-9-20/h3-10,15,18H,2,11-14,16-17H2,1H3,(H,25,26). The Morgan fingerprint density at radius 1 is 1.07 bits per heavy atom. The van der Waals surface area contributed by atoms with Gasteiger partial charge in [0.15, 0.2) is 0 Å². The third-order valence-corrected chi connectivity index (χ3v) is 6.81. The second kappa shape index (κ2) is 7.59. The lowest BCUT2D eigenvalue weighted by molar-refractivity contribution is -0.208. The molecule has 0 amide bonds. The van der Waals surface area contributed by atoms with Gasteiger partial charge in [-0.15, -0.1) is 0 Å². The molecule has 28 heavy (non-hydrogen) atoms. The number of rotatable bonds is 7. The van der Waals surface area contributed by atoms with Crippen LogP contribution in [0, 0.1) is 11.3 Å². The van der Waals surface area contributed by atoms with Crippen LogP contribution in [0.3, 0.4) is 0 Å². The topological polar surface area (TPSA) is 55.8 Å². The van der Waals surface area contributed by atoms with Crippen molar-refractivity contribution in [3.63, 3.8) is 0 Å². The van der Waals surface area contributed by atoms with Gasteiger partial charge in [-0.1, -0.05) is 43.7 Å². The van der Waals surface area contributed by atoms with Gasteiger partial charge in [0.2, 0.25) is 0 Å². The molecule has 5 rings (SSSR count). The van der Waals surface area contributed by atoms with Gasteiger partial charge >= 0.3 is 5.97 Å². The predicted molar refractivity (Wildman–Crippen MR) is 108 cm³/mol. The van der Waals surface area contributed by atoms with E-state index in [0.717, 1.165) is 43.6 Å². The number of hydrogen-bond donors (Lipinski definition) is 1. The molecular formula is C24H28O4. The van der Waals surface area contributed by atoms with Crippen LogP contribution >= 0.6 is 0 Å². The summed E-state index contributed by atoms with van der Waals surface area (Å²) in [6.07, 6.45) is 5.08. The number of aliphatic carboxylic acids is 1. The van der Waals surface area contributed by atoms with Crippen LogP contribution in [-0.2, 0) is 15.1 Å². The quantitative estimate of drug-likeness (QED) is 0.663. The smallest absolute Gasteiger partial charge is 0.303 e. The molecule has 2 aromatic rings. The summed E-state index contributed by atoms with van der Waals surface area (Å²) in [5.41, 5.74) is 0.923. The summed E-state index contributed by atoms with van der Waals surface area (Å²) in [5, 5.41) is 9.29. The normalized spacial score (nSPS) is 27.3. The molecule has 4 nitrogen and oxygen atoms in total. The molecular weight excluding hydrogens is 352 g/mol. The van der Waals surface area contributed by atoms with Crippen molar-refractivity contribution in [1.82, 2.24) is 0 Å². The minimum absolute atomic E-state index is 0.0209. The first-order chi connectivity index (χ1) is 13.6. The molecule has 2 heterocycles. The molecule has 4 heteroatoms. The SMILES string of the molecule is CCC(CC(=O)O)C12CCC(c3cccc(Oc4ccccc4)c3)(CC1)OC2. The minimum Gasteiger partial charge on any atom is -0.481 e. The number of carboxylic acid groups (broad SMARTS) is 1.